The first kappa shape index (κ1) is 12.4. The van der Waals surface area contributed by atoms with E-state index in [0.717, 1.165) is 18.3 Å². The lowest BCUT2D eigenvalue weighted by atomic mass is 9.90. The Kier molecular flexibility index (Phi) is 4.43. The highest BCUT2D eigenvalue weighted by Crippen LogP contribution is 2.26. The average Bonchev–Trinajstić information content (AvgIpc) is 2.38. The van der Waals surface area contributed by atoms with Gasteiger partial charge in [-0.25, -0.2) is 0 Å². The van der Waals surface area contributed by atoms with Gasteiger partial charge in [0.05, 0.1) is 6.61 Å². The Hall–Kier alpha value is -1.02. The van der Waals surface area contributed by atoms with Gasteiger partial charge in [-0.2, -0.15) is 0 Å². The molecule has 0 spiro atoms. The van der Waals surface area contributed by atoms with Crippen molar-refractivity contribution >= 4 is 0 Å². The molecule has 2 heteroatoms. The summed E-state index contributed by atoms with van der Waals surface area (Å²) in [5.74, 6) is 1.78. The summed E-state index contributed by atoms with van der Waals surface area (Å²) in [5.41, 5.74) is 7.99. The lowest BCUT2D eigenvalue weighted by Gasteiger charge is -2.22. The van der Waals surface area contributed by atoms with Crippen molar-refractivity contribution in [1.29, 1.82) is 0 Å². The van der Waals surface area contributed by atoms with Crippen molar-refractivity contribution in [3.8, 4) is 5.75 Å². The maximum Gasteiger partial charge on any atom is 0.122 e. The average molecular weight is 233 g/mol. The minimum Gasteiger partial charge on any atom is -0.493 e. The molecular weight excluding hydrogens is 210 g/mol. The Morgan fingerprint density at radius 2 is 2.00 bits per heavy atom. The smallest absolute Gasteiger partial charge is 0.122 e. The topological polar surface area (TPSA) is 35.2 Å². The van der Waals surface area contributed by atoms with Crippen LogP contribution in [0.25, 0.3) is 0 Å². The third-order valence-electron chi connectivity index (χ3n) is 3.67. The molecule has 0 atom stereocenters. The van der Waals surface area contributed by atoms with E-state index in [2.05, 4.69) is 25.1 Å². The molecule has 0 amide bonds. The van der Waals surface area contributed by atoms with Gasteiger partial charge in [-0.3, -0.25) is 0 Å². The van der Waals surface area contributed by atoms with Gasteiger partial charge in [0.1, 0.15) is 5.75 Å². The summed E-state index contributed by atoms with van der Waals surface area (Å²) < 4.78 is 5.93. The molecule has 2 rings (SSSR count). The zero-order chi connectivity index (χ0) is 12.1. The van der Waals surface area contributed by atoms with Crippen LogP contribution in [0.3, 0.4) is 0 Å². The van der Waals surface area contributed by atoms with Gasteiger partial charge >= 0.3 is 0 Å². The van der Waals surface area contributed by atoms with Gasteiger partial charge in [0, 0.05) is 6.54 Å². The van der Waals surface area contributed by atoms with Crippen LogP contribution in [-0.4, -0.2) is 6.61 Å². The number of rotatable bonds is 4. The molecule has 1 aromatic rings. The number of hydrogen-bond donors (Lipinski definition) is 1. The highest BCUT2D eigenvalue weighted by atomic mass is 16.5. The molecule has 2 N–H and O–H groups in total. The molecule has 1 aromatic carbocycles. The lowest BCUT2D eigenvalue weighted by molar-refractivity contribution is 0.208. The van der Waals surface area contributed by atoms with E-state index in [1.54, 1.807) is 0 Å². The highest BCUT2D eigenvalue weighted by molar-refractivity contribution is 5.36. The summed E-state index contributed by atoms with van der Waals surface area (Å²) in [6.45, 7) is 3.57. The van der Waals surface area contributed by atoms with Gasteiger partial charge in [0.25, 0.3) is 0 Å². The van der Waals surface area contributed by atoms with Crippen LogP contribution in [0, 0.1) is 12.8 Å². The summed E-state index contributed by atoms with van der Waals surface area (Å²) in [4.78, 5) is 0. The van der Waals surface area contributed by atoms with Crippen LogP contribution in [0.4, 0.5) is 0 Å². The maximum atomic E-state index is 5.93. The van der Waals surface area contributed by atoms with E-state index in [0.29, 0.717) is 6.54 Å². The predicted octanol–water partition coefficient (Wildman–Crippen LogP) is 3.41. The van der Waals surface area contributed by atoms with E-state index in [1.165, 1.54) is 43.2 Å². The summed E-state index contributed by atoms with van der Waals surface area (Å²) in [6.07, 6.45) is 6.82. The van der Waals surface area contributed by atoms with Crippen LogP contribution in [0.1, 0.15) is 43.2 Å². The maximum absolute atomic E-state index is 5.93. The van der Waals surface area contributed by atoms with E-state index in [4.69, 9.17) is 10.5 Å². The molecule has 0 unspecified atom stereocenters. The van der Waals surface area contributed by atoms with Crippen LogP contribution in [0.2, 0.25) is 0 Å². The number of hydrogen-bond acceptors (Lipinski definition) is 2. The molecule has 0 radical (unpaired) electrons. The van der Waals surface area contributed by atoms with Crippen LogP contribution < -0.4 is 10.5 Å². The first-order valence-electron chi connectivity index (χ1n) is 6.72. The van der Waals surface area contributed by atoms with Crippen LogP contribution in [0.5, 0.6) is 5.75 Å². The van der Waals surface area contributed by atoms with Crippen LogP contribution in [0.15, 0.2) is 18.2 Å². The van der Waals surface area contributed by atoms with Crippen molar-refractivity contribution in [1.82, 2.24) is 0 Å². The third-order valence-corrected chi connectivity index (χ3v) is 3.67. The molecule has 0 heterocycles. The molecule has 94 valence electrons. The van der Waals surface area contributed by atoms with E-state index in [9.17, 15) is 0 Å². The molecule has 17 heavy (non-hydrogen) atoms. The van der Waals surface area contributed by atoms with Crippen molar-refractivity contribution in [3.05, 3.63) is 29.3 Å². The second-order valence-electron chi connectivity index (χ2n) is 5.12. The molecular formula is C15H23NO. The molecule has 1 fully saturated rings. The third kappa shape index (κ3) is 3.47. The van der Waals surface area contributed by atoms with Gasteiger partial charge in [0.2, 0.25) is 0 Å². The Morgan fingerprint density at radius 3 is 2.65 bits per heavy atom. The van der Waals surface area contributed by atoms with E-state index in [1.807, 2.05) is 0 Å². The van der Waals surface area contributed by atoms with Crippen molar-refractivity contribution < 1.29 is 4.74 Å². The van der Waals surface area contributed by atoms with Crippen molar-refractivity contribution in [2.45, 2.75) is 45.6 Å². The number of aryl methyl sites for hydroxylation is 1. The molecule has 0 aliphatic heterocycles. The van der Waals surface area contributed by atoms with Gasteiger partial charge in [-0.05, 0) is 42.9 Å². The monoisotopic (exact) mass is 233 g/mol. The second-order valence-corrected chi connectivity index (χ2v) is 5.12. The zero-order valence-electron chi connectivity index (χ0n) is 10.7. The molecule has 0 bridgehead atoms. The standard InChI is InChI=1S/C15H23NO/c1-12-9-14(10-16)7-8-15(12)17-11-13-5-3-2-4-6-13/h7-9,13H,2-6,10-11,16H2,1H3. The number of benzene rings is 1. The first-order chi connectivity index (χ1) is 8.29. The van der Waals surface area contributed by atoms with Gasteiger partial charge in [-0.1, -0.05) is 31.4 Å². The second kappa shape index (κ2) is 6.06. The fourth-order valence-corrected chi connectivity index (χ4v) is 2.56. The minimum absolute atomic E-state index is 0.601. The first-order valence-corrected chi connectivity index (χ1v) is 6.72. The minimum atomic E-state index is 0.601. The summed E-state index contributed by atoms with van der Waals surface area (Å²) >= 11 is 0. The van der Waals surface area contributed by atoms with E-state index in [-0.39, 0.29) is 0 Å². The Balaban J connectivity index is 1.89. The van der Waals surface area contributed by atoms with Crippen molar-refractivity contribution in [3.63, 3.8) is 0 Å². The van der Waals surface area contributed by atoms with E-state index < -0.39 is 0 Å². The van der Waals surface area contributed by atoms with Gasteiger partial charge in [0.15, 0.2) is 0 Å². The predicted molar refractivity (Wildman–Crippen MR) is 71.1 cm³/mol. The SMILES string of the molecule is Cc1cc(CN)ccc1OCC1CCCCC1. The Bertz CT molecular complexity index is 356. The van der Waals surface area contributed by atoms with E-state index >= 15 is 0 Å². The van der Waals surface area contributed by atoms with Gasteiger partial charge < -0.3 is 10.5 Å². The number of ether oxygens (including phenoxy) is 1. The zero-order valence-corrected chi connectivity index (χ0v) is 10.7. The molecule has 0 aromatic heterocycles. The molecule has 2 nitrogen and oxygen atoms in total. The van der Waals surface area contributed by atoms with Gasteiger partial charge in [-0.15, -0.1) is 0 Å². The molecule has 0 saturated heterocycles. The fourth-order valence-electron chi connectivity index (χ4n) is 2.56. The molecule has 1 saturated carbocycles. The fraction of sp³-hybridized carbons (Fsp3) is 0.600. The van der Waals surface area contributed by atoms with Crippen LogP contribution >= 0.6 is 0 Å². The van der Waals surface area contributed by atoms with Crippen molar-refractivity contribution in [2.75, 3.05) is 6.61 Å². The summed E-state index contributed by atoms with van der Waals surface area (Å²) in [7, 11) is 0. The Labute approximate surface area is 104 Å². The lowest BCUT2D eigenvalue weighted by Crippen LogP contribution is -2.15. The highest BCUT2D eigenvalue weighted by Gasteiger charge is 2.14. The normalized spacial score (nSPS) is 17.1. The largest absolute Gasteiger partial charge is 0.493 e. The van der Waals surface area contributed by atoms with Crippen LogP contribution in [-0.2, 0) is 6.54 Å². The van der Waals surface area contributed by atoms with Crippen molar-refractivity contribution in [2.24, 2.45) is 11.7 Å². The summed E-state index contributed by atoms with van der Waals surface area (Å²) in [5, 5.41) is 0. The Morgan fingerprint density at radius 1 is 1.24 bits per heavy atom. The molecule has 1 aliphatic carbocycles. The summed E-state index contributed by atoms with van der Waals surface area (Å²) in [6, 6.07) is 6.24. The number of nitrogens with two attached hydrogens (primary N) is 1. The quantitative estimate of drug-likeness (QED) is 0.865. The molecule has 1 aliphatic rings.